The van der Waals surface area contributed by atoms with Crippen molar-refractivity contribution in [1.82, 2.24) is 10.2 Å². The summed E-state index contributed by atoms with van der Waals surface area (Å²) in [6, 6.07) is 8.33. The standard InChI is InChI=1S/C18H28N4OS/c1-22-10-8-18(24-2,9-11-22)13-20-17(19)21-15-7-12-23-16-6-4-3-5-14(15)16/h3-6,15H,7-13H2,1-2H3,(H3,19,20,21). The van der Waals surface area contributed by atoms with Crippen LogP contribution < -0.4 is 15.8 Å². The Kier molecular flexibility index (Phi) is 5.56. The van der Waals surface area contributed by atoms with Crippen molar-refractivity contribution in [3.63, 3.8) is 0 Å². The number of nitrogens with zero attached hydrogens (tertiary/aromatic N) is 2. The fourth-order valence-corrected chi connectivity index (χ4v) is 4.18. The fourth-order valence-electron chi connectivity index (χ4n) is 3.40. The first-order valence-corrected chi connectivity index (χ1v) is 9.86. The van der Waals surface area contributed by atoms with Crippen LogP contribution in [0.5, 0.6) is 5.75 Å². The molecule has 2 heterocycles. The van der Waals surface area contributed by atoms with E-state index in [0.29, 0.717) is 12.6 Å². The number of hydrogen-bond donors (Lipinski definition) is 2. The van der Waals surface area contributed by atoms with Crippen LogP contribution in [0.4, 0.5) is 0 Å². The van der Waals surface area contributed by atoms with Crippen molar-refractivity contribution in [2.24, 2.45) is 10.7 Å². The number of likely N-dealkylation sites (tertiary alicyclic amines) is 1. The number of guanidine groups is 1. The van der Waals surface area contributed by atoms with Gasteiger partial charge in [-0.2, -0.15) is 11.8 Å². The van der Waals surface area contributed by atoms with Crippen LogP contribution in [0.15, 0.2) is 29.3 Å². The first-order chi connectivity index (χ1) is 11.6. The molecule has 0 amide bonds. The van der Waals surface area contributed by atoms with Gasteiger partial charge in [-0.05, 0) is 45.3 Å². The monoisotopic (exact) mass is 348 g/mol. The van der Waals surface area contributed by atoms with E-state index in [1.807, 2.05) is 30.0 Å². The minimum absolute atomic E-state index is 0.182. The van der Waals surface area contributed by atoms with Gasteiger partial charge in [0.1, 0.15) is 5.75 Å². The summed E-state index contributed by atoms with van der Waals surface area (Å²) in [6.07, 6.45) is 5.44. The molecule has 0 radical (unpaired) electrons. The third-order valence-electron chi connectivity index (χ3n) is 5.15. The highest BCUT2D eigenvalue weighted by molar-refractivity contribution is 8.00. The molecule has 5 nitrogen and oxygen atoms in total. The molecule has 0 aromatic heterocycles. The Morgan fingerprint density at radius 3 is 2.92 bits per heavy atom. The number of benzene rings is 1. The molecule has 0 saturated carbocycles. The van der Waals surface area contributed by atoms with Gasteiger partial charge in [-0.3, -0.25) is 4.99 Å². The summed E-state index contributed by atoms with van der Waals surface area (Å²) in [4.78, 5) is 7.07. The number of rotatable bonds is 4. The normalized spacial score (nSPS) is 24.1. The number of thioether (sulfide) groups is 1. The maximum absolute atomic E-state index is 6.20. The Balaban J connectivity index is 1.63. The topological polar surface area (TPSA) is 62.9 Å². The maximum Gasteiger partial charge on any atom is 0.189 e. The predicted molar refractivity (Wildman–Crippen MR) is 102 cm³/mol. The Bertz CT molecular complexity index is 584. The summed E-state index contributed by atoms with van der Waals surface area (Å²) >= 11 is 1.93. The second kappa shape index (κ2) is 7.66. The largest absolute Gasteiger partial charge is 0.493 e. The van der Waals surface area contributed by atoms with E-state index in [2.05, 4.69) is 34.6 Å². The van der Waals surface area contributed by atoms with Gasteiger partial charge in [-0.25, -0.2) is 0 Å². The minimum atomic E-state index is 0.182. The second-order valence-electron chi connectivity index (χ2n) is 6.76. The average Bonchev–Trinajstić information content (AvgIpc) is 2.62. The number of piperidine rings is 1. The van der Waals surface area contributed by atoms with Crippen LogP contribution in [0.2, 0.25) is 0 Å². The van der Waals surface area contributed by atoms with Gasteiger partial charge in [-0.1, -0.05) is 18.2 Å². The van der Waals surface area contributed by atoms with Gasteiger partial charge < -0.3 is 20.7 Å². The predicted octanol–water partition coefficient (Wildman–Crippen LogP) is 2.24. The van der Waals surface area contributed by atoms with E-state index < -0.39 is 0 Å². The molecule has 24 heavy (non-hydrogen) atoms. The van der Waals surface area contributed by atoms with Crippen LogP contribution in [0.25, 0.3) is 0 Å². The molecule has 1 saturated heterocycles. The molecule has 1 fully saturated rings. The summed E-state index contributed by atoms with van der Waals surface area (Å²) in [5.41, 5.74) is 7.37. The number of hydrogen-bond acceptors (Lipinski definition) is 4. The zero-order chi connectivity index (χ0) is 17.0. The number of nitrogens with two attached hydrogens (primary N) is 1. The molecule has 0 aliphatic carbocycles. The molecular weight excluding hydrogens is 320 g/mol. The van der Waals surface area contributed by atoms with E-state index in [0.717, 1.165) is 31.8 Å². The summed E-state index contributed by atoms with van der Waals surface area (Å²) in [7, 11) is 2.19. The van der Waals surface area contributed by atoms with Crippen LogP contribution in [0, 0.1) is 0 Å². The molecular formula is C18H28N4OS. The molecule has 2 aliphatic rings. The van der Waals surface area contributed by atoms with Gasteiger partial charge in [0, 0.05) is 16.7 Å². The number of ether oxygens (including phenoxy) is 1. The van der Waals surface area contributed by atoms with Gasteiger partial charge in [0.2, 0.25) is 0 Å². The number of aliphatic imine (C=N–C) groups is 1. The summed E-state index contributed by atoms with van der Waals surface area (Å²) in [6.45, 7) is 3.77. The molecule has 1 aromatic carbocycles. The van der Waals surface area contributed by atoms with Gasteiger partial charge in [0.05, 0.1) is 19.2 Å². The number of nitrogens with one attached hydrogen (secondary N) is 1. The fraction of sp³-hybridized carbons (Fsp3) is 0.611. The number of fused-ring (bicyclic) bond motifs is 1. The highest BCUT2D eigenvalue weighted by atomic mass is 32.2. The van der Waals surface area contributed by atoms with Crippen LogP contribution in [-0.4, -0.2) is 55.2 Å². The third-order valence-corrected chi connectivity index (χ3v) is 6.55. The Morgan fingerprint density at radius 2 is 2.17 bits per heavy atom. The summed E-state index contributed by atoms with van der Waals surface area (Å²) < 4.78 is 5.93. The molecule has 0 spiro atoms. The Labute approximate surface area is 149 Å². The minimum Gasteiger partial charge on any atom is -0.493 e. The molecule has 3 N–H and O–H groups in total. The van der Waals surface area contributed by atoms with E-state index in [1.54, 1.807) is 0 Å². The Hall–Kier alpha value is -1.40. The average molecular weight is 349 g/mol. The summed E-state index contributed by atoms with van der Waals surface area (Å²) in [5, 5.41) is 3.39. The molecule has 6 heteroatoms. The number of para-hydroxylation sites is 1. The molecule has 132 valence electrons. The maximum atomic E-state index is 6.20. The first-order valence-electron chi connectivity index (χ1n) is 8.64. The van der Waals surface area contributed by atoms with Crippen LogP contribution >= 0.6 is 11.8 Å². The van der Waals surface area contributed by atoms with Gasteiger partial charge >= 0.3 is 0 Å². The second-order valence-corrected chi connectivity index (χ2v) is 8.04. The Morgan fingerprint density at radius 1 is 1.42 bits per heavy atom. The van der Waals surface area contributed by atoms with Gasteiger partial charge in [0.25, 0.3) is 0 Å². The molecule has 0 bridgehead atoms. The zero-order valence-corrected chi connectivity index (χ0v) is 15.4. The van der Waals surface area contributed by atoms with Crippen molar-refractivity contribution in [2.45, 2.75) is 30.1 Å². The van der Waals surface area contributed by atoms with Crippen LogP contribution in [-0.2, 0) is 0 Å². The third kappa shape index (κ3) is 3.98. The molecule has 1 unspecified atom stereocenters. The smallest absolute Gasteiger partial charge is 0.189 e. The van der Waals surface area contributed by atoms with E-state index in [9.17, 15) is 0 Å². The summed E-state index contributed by atoms with van der Waals surface area (Å²) in [5.74, 6) is 1.49. The van der Waals surface area contributed by atoms with E-state index in [-0.39, 0.29) is 10.8 Å². The highest BCUT2D eigenvalue weighted by Gasteiger charge is 2.32. The molecule has 2 aliphatic heterocycles. The van der Waals surface area contributed by atoms with E-state index in [4.69, 9.17) is 10.5 Å². The van der Waals surface area contributed by atoms with Crippen LogP contribution in [0.3, 0.4) is 0 Å². The van der Waals surface area contributed by atoms with Crippen molar-refractivity contribution < 1.29 is 4.74 Å². The van der Waals surface area contributed by atoms with Gasteiger partial charge in [0.15, 0.2) is 5.96 Å². The molecule has 1 atom stereocenters. The lowest BCUT2D eigenvalue weighted by Crippen LogP contribution is -2.44. The molecule has 1 aromatic rings. The first kappa shape index (κ1) is 17.4. The van der Waals surface area contributed by atoms with Crippen LogP contribution in [0.1, 0.15) is 30.9 Å². The highest BCUT2D eigenvalue weighted by Crippen LogP contribution is 2.35. The lowest BCUT2D eigenvalue weighted by molar-refractivity contribution is 0.242. The lowest BCUT2D eigenvalue weighted by atomic mass is 9.96. The zero-order valence-electron chi connectivity index (χ0n) is 14.6. The van der Waals surface area contributed by atoms with E-state index in [1.165, 1.54) is 18.4 Å². The van der Waals surface area contributed by atoms with Gasteiger partial charge in [-0.15, -0.1) is 0 Å². The van der Waals surface area contributed by atoms with Crippen molar-refractivity contribution in [2.75, 3.05) is 39.5 Å². The van der Waals surface area contributed by atoms with Crippen molar-refractivity contribution in [1.29, 1.82) is 0 Å². The van der Waals surface area contributed by atoms with Crippen molar-refractivity contribution >= 4 is 17.7 Å². The van der Waals surface area contributed by atoms with E-state index >= 15 is 0 Å². The lowest BCUT2D eigenvalue weighted by Gasteiger charge is -2.38. The van der Waals surface area contributed by atoms with Crippen molar-refractivity contribution in [3.05, 3.63) is 29.8 Å². The quantitative estimate of drug-likeness (QED) is 0.645. The SMILES string of the molecule is CSC1(CN=C(N)NC2CCOc3ccccc32)CCN(C)CC1. The molecule has 3 rings (SSSR count). The van der Waals surface area contributed by atoms with Crippen molar-refractivity contribution in [3.8, 4) is 5.75 Å².